The maximum absolute atomic E-state index is 2.29. The van der Waals surface area contributed by atoms with Crippen molar-refractivity contribution in [1.82, 2.24) is 0 Å². The molecule has 0 unspecified atom stereocenters. The van der Waals surface area contributed by atoms with E-state index in [1.165, 1.54) is 54.8 Å². The van der Waals surface area contributed by atoms with Gasteiger partial charge in [0.1, 0.15) is 7.85 Å². The lowest BCUT2D eigenvalue weighted by molar-refractivity contribution is 1.47. The first-order chi connectivity index (χ1) is 13.7. The molecule has 0 aromatic heterocycles. The summed E-state index contributed by atoms with van der Waals surface area (Å²) in [4.78, 5) is 0. The monoisotopic (exact) mass is 356 g/mol. The summed E-state index contributed by atoms with van der Waals surface area (Å²) in [7, 11) is 2.16. The van der Waals surface area contributed by atoms with Crippen LogP contribution in [0.4, 0.5) is 0 Å². The Hall–Kier alpha value is -3.32. The molecule has 0 N–H and O–H groups in total. The quantitative estimate of drug-likeness (QED) is 0.273. The smallest absolute Gasteiger partial charge is 0.0884 e. The molecule has 28 heavy (non-hydrogen) atoms. The van der Waals surface area contributed by atoms with Crippen molar-refractivity contribution < 1.29 is 0 Å². The highest BCUT2D eigenvalue weighted by Crippen LogP contribution is 2.43. The molecule has 5 rings (SSSR count). The molecule has 0 fully saturated rings. The minimum atomic E-state index is 1.28. The van der Waals surface area contributed by atoms with E-state index in [0.29, 0.717) is 0 Å². The summed E-state index contributed by atoms with van der Waals surface area (Å²) in [5.41, 5.74) is 7.78. The zero-order valence-corrected chi connectivity index (χ0v) is 16.2. The number of benzene rings is 5. The zero-order valence-electron chi connectivity index (χ0n) is 16.2. The minimum Gasteiger partial charge on any atom is -0.0884 e. The Bertz CT molecular complexity index is 1170. The van der Waals surface area contributed by atoms with Crippen LogP contribution in [-0.2, 0) is 0 Å². The molecule has 132 valence electrons. The second kappa shape index (κ2) is 6.69. The van der Waals surface area contributed by atoms with Gasteiger partial charge in [-0.1, -0.05) is 108 Å². The third-order valence-corrected chi connectivity index (χ3v) is 5.54. The molecule has 0 saturated carbocycles. The molecule has 5 aromatic rings. The first-order valence-electron chi connectivity index (χ1n) is 9.80. The fourth-order valence-corrected chi connectivity index (χ4v) is 4.35. The molecule has 0 heterocycles. The van der Waals surface area contributed by atoms with Crippen molar-refractivity contribution >= 4 is 34.9 Å². The fourth-order valence-electron chi connectivity index (χ4n) is 4.35. The van der Waals surface area contributed by atoms with Gasteiger partial charge in [0.2, 0.25) is 0 Å². The number of fused-ring (bicyclic) bond motifs is 2. The lowest BCUT2D eigenvalue weighted by atomic mass is 9.84. The molecule has 5 aromatic carbocycles. The molecule has 0 atom stereocenters. The first-order valence-corrected chi connectivity index (χ1v) is 9.80. The maximum Gasteiger partial charge on any atom is 0.139 e. The highest BCUT2D eigenvalue weighted by atomic mass is 14.2. The minimum absolute atomic E-state index is 1.28. The fraction of sp³-hybridized carbons (Fsp3) is 0.0370. The van der Waals surface area contributed by atoms with Gasteiger partial charge in [0, 0.05) is 0 Å². The maximum atomic E-state index is 2.29. The van der Waals surface area contributed by atoms with Crippen LogP contribution in [-0.4, -0.2) is 7.85 Å². The molecular formula is C27H21B. The summed E-state index contributed by atoms with van der Waals surface area (Å²) in [5, 5.41) is 5.23. The second-order valence-corrected chi connectivity index (χ2v) is 7.58. The van der Waals surface area contributed by atoms with Crippen LogP contribution in [0, 0.1) is 6.92 Å². The van der Waals surface area contributed by atoms with Crippen molar-refractivity contribution in [3.05, 3.63) is 103 Å². The van der Waals surface area contributed by atoms with E-state index in [-0.39, 0.29) is 0 Å². The summed E-state index contributed by atoms with van der Waals surface area (Å²) < 4.78 is 0. The van der Waals surface area contributed by atoms with Crippen molar-refractivity contribution in [2.75, 3.05) is 0 Å². The van der Waals surface area contributed by atoms with Crippen LogP contribution in [0.25, 0.3) is 43.8 Å². The average molecular weight is 356 g/mol. The van der Waals surface area contributed by atoms with E-state index < -0.39 is 0 Å². The largest absolute Gasteiger partial charge is 0.139 e. The summed E-state index contributed by atoms with van der Waals surface area (Å²) in [6, 6.07) is 35.3. The van der Waals surface area contributed by atoms with Crippen LogP contribution in [0.3, 0.4) is 0 Å². The Morgan fingerprint density at radius 2 is 0.964 bits per heavy atom. The first kappa shape index (κ1) is 16.8. The SMILES string of the molecule is Bc1cccc(-c2c3ccccc3c(-c3cccc(C)c3)c3ccccc23)c1. The molecule has 0 aliphatic heterocycles. The summed E-state index contributed by atoms with van der Waals surface area (Å²) in [6.45, 7) is 2.16. The van der Waals surface area contributed by atoms with Gasteiger partial charge in [0.05, 0.1) is 0 Å². The molecule has 1 heteroatoms. The van der Waals surface area contributed by atoms with E-state index in [1.54, 1.807) is 0 Å². The average Bonchev–Trinajstić information content (AvgIpc) is 2.72. The summed E-state index contributed by atoms with van der Waals surface area (Å²) >= 11 is 0. The van der Waals surface area contributed by atoms with Gasteiger partial charge in [-0.3, -0.25) is 0 Å². The standard InChI is InChI=1S/C27H21B/c1-18-8-6-9-19(16-18)26-22-12-2-4-14-24(22)27(20-10-7-11-21(28)17-20)25-15-5-3-13-23(25)26/h2-17H,28H2,1H3. The Morgan fingerprint density at radius 1 is 0.500 bits per heavy atom. The highest BCUT2D eigenvalue weighted by Gasteiger charge is 2.16. The van der Waals surface area contributed by atoms with E-state index in [0.717, 1.165) is 0 Å². The van der Waals surface area contributed by atoms with E-state index in [2.05, 4.69) is 112 Å². The third-order valence-electron chi connectivity index (χ3n) is 5.54. The van der Waals surface area contributed by atoms with Gasteiger partial charge in [-0.2, -0.15) is 0 Å². The molecule has 0 saturated heterocycles. The van der Waals surface area contributed by atoms with E-state index in [9.17, 15) is 0 Å². The van der Waals surface area contributed by atoms with Gasteiger partial charge in [-0.15, -0.1) is 0 Å². The lowest BCUT2D eigenvalue weighted by Crippen LogP contribution is -2.01. The van der Waals surface area contributed by atoms with Gasteiger partial charge in [0.15, 0.2) is 0 Å². The summed E-state index contributed by atoms with van der Waals surface area (Å²) in [5.74, 6) is 0. The van der Waals surface area contributed by atoms with E-state index in [1.807, 2.05) is 0 Å². The molecular weight excluding hydrogens is 335 g/mol. The molecule has 0 aliphatic carbocycles. The van der Waals surface area contributed by atoms with Crippen LogP contribution in [0.1, 0.15) is 5.56 Å². The zero-order chi connectivity index (χ0) is 19.1. The van der Waals surface area contributed by atoms with Gasteiger partial charge >= 0.3 is 0 Å². The van der Waals surface area contributed by atoms with Crippen molar-refractivity contribution in [1.29, 1.82) is 0 Å². The molecule has 0 nitrogen and oxygen atoms in total. The van der Waals surface area contributed by atoms with Gasteiger partial charge in [-0.25, -0.2) is 0 Å². The van der Waals surface area contributed by atoms with Crippen LogP contribution >= 0.6 is 0 Å². The molecule has 0 spiro atoms. The molecule has 0 amide bonds. The normalized spacial score (nSPS) is 11.2. The number of rotatable bonds is 2. The Morgan fingerprint density at radius 3 is 1.43 bits per heavy atom. The molecule has 0 bridgehead atoms. The van der Waals surface area contributed by atoms with E-state index in [4.69, 9.17) is 0 Å². The lowest BCUT2D eigenvalue weighted by Gasteiger charge is -2.18. The van der Waals surface area contributed by atoms with Crippen molar-refractivity contribution in [2.24, 2.45) is 0 Å². The van der Waals surface area contributed by atoms with Gasteiger partial charge in [0.25, 0.3) is 0 Å². The predicted octanol–water partition coefficient (Wildman–Crippen LogP) is 5.89. The van der Waals surface area contributed by atoms with Crippen molar-refractivity contribution in [3.63, 3.8) is 0 Å². The van der Waals surface area contributed by atoms with Crippen LogP contribution in [0.2, 0.25) is 0 Å². The molecule has 0 aliphatic rings. The van der Waals surface area contributed by atoms with Crippen molar-refractivity contribution in [3.8, 4) is 22.3 Å². The number of hydrogen-bond donors (Lipinski definition) is 0. The van der Waals surface area contributed by atoms with Crippen molar-refractivity contribution in [2.45, 2.75) is 6.92 Å². The third kappa shape index (κ3) is 2.71. The van der Waals surface area contributed by atoms with E-state index >= 15 is 0 Å². The molecule has 0 radical (unpaired) electrons. The van der Waals surface area contributed by atoms with Gasteiger partial charge < -0.3 is 0 Å². The van der Waals surface area contributed by atoms with Crippen LogP contribution < -0.4 is 5.46 Å². The summed E-state index contributed by atoms with van der Waals surface area (Å²) in [6.07, 6.45) is 0. The Kier molecular flexibility index (Phi) is 4.02. The Balaban J connectivity index is 2.00. The highest BCUT2D eigenvalue weighted by molar-refractivity contribution is 6.33. The van der Waals surface area contributed by atoms with Crippen LogP contribution in [0.15, 0.2) is 97.1 Å². The number of aryl methyl sites for hydroxylation is 1. The second-order valence-electron chi connectivity index (χ2n) is 7.58. The Labute approximate surface area is 166 Å². The van der Waals surface area contributed by atoms with Gasteiger partial charge in [-0.05, 0) is 50.7 Å². The van der Waals surface area contributed by atoms with Crippen LogP contribution in [0.5, 0.6) is 0 Å². The number of hydrogen-bond acceptors (Lipinski definition) is 0. The topological polar surface area (TPSA) is 0 Å². The predicted molar refractivity (Wildman–Crippen MR) is 125 cm³/mol.